The zero-order chi connectivity index (χ0) is 14.7. The predicted molar refractivity (Wildman–Crippen MR) is 72.8 cm³/mol. The second-order valence-corrected chi connectivity index (χ2v) is 5.04. The quantitative estimate of drug-likeness (QED) is 0.687. The molecule has 20 heavy (non-hydrogen) atoms. The van der Waals surface area contributed by atoms with Crippen LogP contribution in [0.3, 0.4) is 0 Å². The molecule has 102 valence electrons. The monoisotopic (exact) mass is 290 g/mol. The molecule has 0 fully saturated rings. The molecule has 0 aliphatic carbocycles. The average molecular weight is 290 g/mol. The summed E-state index contributed by atoms with van der Waals surface area (Å²) in [6, 6.07) is 9.51. The lowest BCUT2D eigenvalue weighted by Gasteiger charge is -2.02. The zero-order valence-corrected chi connectivity index (χ0v) is 11.3. The summed E-state index contributed by atoms with van der Waals surface area (Å²) in [5, 5.41) is 29.2. The Morgan fingerprint density at radius 3 is 2.60 bits per heavy atom. The van der Waals surface area contributed by atoms with Crippen LogP contribution in [0, 0.1) is 21.4 Å². The highest BCUT2D eigenvalue weighted by atomic mass is 32.1. The summed E-state index contributed by atoms with van der Waals surface area (Å²) in [6.07, 6.45) is -0.794. The van der Waals surface area contributed by atoms with E-state index in [2.05, 4.69) is 0 Å². The summed E-state index contributed by atoms with van der Waals surface area (Å²) >= 11 is 1.02. The van der Waals surface area contributed by atoms with Crippen LogP contribution in [0.4, 0.5) is 5.69 Å². The van der Waals surface area contributed by atoms with Crippen molar-refractivity contribution in [2.75, 3.05) is 0 Å². The maximum Gasteiger partial charge on any atom is 0.323 e. The lowest BCUT2D eigenvalue weighted by Crippen LogP contribution is -1.89. The molecule has 1 aromatic carbocycles. The molecule has 1 atom stereocenters. The molecule has 7 heteroatoms. The highest BCUT2D eigenvalue weighted by molar-refractivity contribution is 7.14. The van der Waals surface area contributed by atoms with Crippen LogP contribution in [-0.4, -0.2) is 10.0 Å². The molecule has 0 saturated carbocycles. The number of hydrogen-bond acceptors (Lipinski definition) is 6. The number of hydrogen-bond donors (Lipinski definition) is 1. The highest BCUT2D eigenvalue weighted by Crippen LogP contribution is 2.41. The number of aliphatic hydroxyl groups excluding tert-OH is 1. The van der Waals surface area contributed by atoms with Gasteiger partial charge in [-0.25, -0.2) is 0 Å². The van der Waals surface area contributed by atoms with Crippen molar-refractivity contribution in [2.24, 2.45) is 0 Å². The Balaban J connectivity index is 2.31. The summed E-state index contributed by atoms with van der Waals surface area (Å²) in [4.78, 5) is 10.9. The van der Waals surface area contributed by atoms with Crippen LogP contribution in [0.1, 0.15) is 23.5 Å². The van der Waals surface area contributed by atoms with Gasteiger partial charge in [0.05, 0.1) is 22.7 Å². The standard InChI is InChI=1S/C13H10N2O4S/c1-8(16)12-6-11(15(17)18)13(20-12)19-10-4-2-9(7-14)3-5-10/h2-6,8,16H,1H3/t8-/m1/s1. The van der Waals surface area contributed by atoms with Gasteiger partial charge in [-0.1, -0.05) is 11.3 Å². The summed E-state index contributed by atoms with van der Waals surface area (Å²) in [7, 11) is 0. The first-order valence-corrected chi connectivity index (χ1v) is 6.47. The zero-order valence-electron chi connectivity index (χ0n) is 10.4. The maximum absolute atomic E-state index is 11.0. The third-order valence-electron chi connectivity index (χ3n) is 2.50. The third-order valence-corrected chi connectivity index (χ3v) is 3.67. The minimum absolute atomic E-state index is 0.107. The van der Waals surface area contributed by atoms with Gasteiger partial charge in [0.1, 0.15) is 5.75 Å². The van der Waals surface area contributed by atoms with E-state index in [0.29, 0.717) is 16.2 Å². The molecule has 0 saturated heterocycles. The molecule has 0 radical (unpaired) electrons. The van der Waals surface area contributed by atoms with Crippen molar-refractivity contribution in [3.8, 4) is 16.9 Å². The van der Waals surface area contributed by atoms with Gasteiger partial charge in [-0.15, -0.1) is 0 Å². The highest BCUT2D eigenvalue weighted by Gasteiger charge is 2.23. The molecule has 0 aliphatic heterocycles. The van der Waals surface area contributed by atoms with Crippen molar-refractivity contribution in [2.45, 2.75) is 13.0 Å². The Morgan fingerprint density at radius 1 is 1.45 bits per heavy atom. The molecule has 1 N–H and O–H groups in total. The molecule has 0 amide bonds. The number of rotatable bonds is 4. The largest absolute Gasteiger partial charge is 0.440 e. The molecular formula is C13H10N2O4S. The van der Waals surface area contributed by atoms with Crippen molar-refractivity contribution in [3.63, 3.8) is 0 Å². The number of ether oxygens (including phenoxy) is 1. The third kappa shape index (κ3) is 2.93. The van der Waals surface area contributed by atoms with Crippen LogP contribution >= 0.6 is 11.3 Å². The van der Waals surface area contributed by atoms with E-state index in [1.54, 1.807) is 24.3 Å². The minimum atomic E-state index is -0.794. The SMILES string of the molecule is C[C@@H](O)c1cc([N+](=O)[O-])c(Oc2ccc(C#N)cc2)s1. The number of nitriles is 1. The van der Waals surface area contributed by atoms with Gasteiger partial charge in [0, 0.05) is 10.9 Å². The van der Waals surface area contributed by atoms with Gasteiger partial charge in [-0.3, -0.25) is 10.1 Å². The Bertz CT molecular complexity index is 671. The first-order valence-electron chi connectivity index (χ1n) is 5.65. The number of benzene rings is 1. The topological polar surface area (TPSA) is 96.4 Å². The minimum Gasteiger partial charge on any atom is -0.440 e. The molecule has 1 heterocycles. The Morgan fingerprint density at radius 2 is 2.10 bits per heavy atom. The molecule has 6 nitrogen and oxygen atoms in total. The van der Waals surface area contributed by atoms with E-state index < -0.39 is 11.0 Å². The van der Waals surface area contributed by atoms with E-state index in [9.17, 15) is 15.2 Å². The van der Waals surface area contributed by atoms with Crippen LogP contribution in [0.15, 0.2) is 30.3 Å². The number of nitrogens with zero attached hydrogens (tertiary/aromatic N) is 2. The first kappa shape index (κ1) is 14.0. The average Bonchev–Trinajstić information content (AvgIpc) is 2.84. The molecule has 0 unspecified atom stereocenters. The Hall–Kier alpha value is -2.43. The van der Waals surface area contributed by atoms with E-state index >= 15 is 0 Å². The summed E-state index contributed by atoms with van der Waals surface area (Å²) in [6.45, 7) is 1.53. The van der Waals surface area contributed by atoms with Crippen molar-refractivity contribution in [3.05, 3.63) is 50.9 Å². The molecule has 1 aromatic heterocycles. The Kier molecular flexibility index (Phi) is 3.98. The van der Waals surface area contributed by atoms with Crippen LogP contribution < -0.4 is 4.74 Å². The fourth-order valence-electron chi connectivity index (χ4n) is 1.49. The van der Waals surface area contributed by atoms with Crippen LogP contribution in [0.25, 0.3) is 0 Å². The fraction of sp³-hybridized carbons (Fsp3) is 0.154. The van der Waals surface area contributed by atoms with Gasteiger partial charge in [-0.2, -0.15) is 5.26 Å². The molecular weight excluding hydrogens is 280 g/mol. The van der Waals surface area contributed by atoms with Crippen LogP contribution in [-0.2, 0) is 0 Å². The van der Waals surface area contributed by atoms with E-state index in [-0.39, 0.29) is 10.8 Å². The summed E-state index contributed by atoms with van der Waals surface area (Å²) < 4.78 is 5.46. The number of thiophene rings is 1. The van der Waals surface area contributed by atoms with E-state index in [0.717, 1.165) is 11.3 Å². The van der Waals surface area contributed by atoms with Crippen LogP contribution in [0.2, 0.25) is 0 Å². The second kappa shape index (κ2) is 5.69. The summed E-state index contributed by atoms with van der Waals surface area (Å²) in [5.41, 5.74) is 0.290. The lowest BCUT2D eigenvalue weighted by molar-refractivity contribution is -0.385. The van der Waals surface area contributed by atoms with Crippen molar-refractivity contribution in [1.82, 2.24) is 0 Å². The van der Waals surface area contributed by atoms with Crippen LogP contribution in [0.5, 0.6) is 10.8 Å². The smallest absolute Gasteiger partial charge is 0.323 e. The van der Waals surface area contributed by atoms with Gasteiger partial charge in [0.2, 0.25) is 0 Å². The maximum atomic E-state index is 11.0. The Labute approximate surface area is 118 Å². The van der Waals surface area contributed by atoms with E-state index in [1.165, 1.54) is 13.0 Å². The van der Waals surface area contributed by atoms with Gasteiger partial charge in [0.15, 0.2) is 0 Å². The molecule has 0 bridgehead atoms. The van der Waals surface area contributed by atoms with Crippen molar-refractivity contribution >= 4 is 17.0 Å². The van der Waals surface area contributed by atoms with Gasteiger partial charge < -0.3 is 9.84 Å². The molecule has 0 spiro atoms. The molecule has 2 aromatic rings. The molecule has 2 rings (SSSR count). The normalized spacial score (nSPS) is 11.7. The summed E-state index contributed by atoms with van der Waals surface area (Å²) in [5.74, 6) is 0.395. The lowest BCUT2D eigenvalue weighted by atomic mass is 10.2. The van der Waals surface area contributed by atoms with E-state index in [4.69, 9.17) is 10.00 Å². The van der Waals surface area contributed by atoms with Crippen molar-refractivity contribution < 1.29 is 14.8 Å². The first-order chi connectivity index (χ1) is 9.51. The predicted octanol–water partition coefficient (Wildman–Crippen LogP) is 3.37. The van der Waals surface area contributed by atoms with E-state index in [1.807, 2.05) is 6.07 Å². The van der Waals surface area contributed by atoms with Crippen molar-refractivity contribution in [1.29, 1.82) is 5.26 Å². The number of nitro groups is 1. The molecule has 0 aliphatic rings. The second-order valence-electron chi connectivity index (χ2n) is 3.99. The van der Waals surface area contributed by atoms with Gasteiger partial charge in [0.25, 0.3) is 5.06 Å². The fourth-order valence-corrected chi connectivity index (χ4v) is 2.42. The van der Waals surface area contributed by atoms with Gasteiger partial charge >= 0.3 is 5.69 Å². The van der Waals surface area contributed by atoms with Gasteiger partial charge in [-0.05, 0) is 31.2 Å². The number of aliphatic hydroxyl groups is 1.